The highest BCUT2D eigenvalue weighted by atomic mass is 14.9. The summed E-state index contributed by atoms with van der Waals surface area (Å²) >= 11 is 0. The van der Waals surface area contributed by atoms with Crippen molar-refractivity contribution < 1.29 is 0 Å². The summed E-state index contributed by atoms with van der Waals surface area (Å²) in [6.45, 7) is 0. The molecule has 86 valence electrons. The molecule has 0 saturated heterocycles. The van der Waals surface area contributed by atoms with Gasteiger partial charge in [-0.3, -0.25) is 0 Å². The molecule has 2 aromatic rings. The van der Waals surface area contributed by atoms with Crippen LogP contribution in [-0.2, 0) is 0 Å². The smallest absolute Gasteiger partial charge is 0.145 e. The van der Waals surface area contributed by atoms with Gasteiger partial charge in [-0.05, 0) is 12.1 Å². The van der Waals surface area contributed by atoms with Crippen molar-refractivity contribution in [3.05, 3.63) is 48.4 Å². The van der Waals surface area contributed by atoms with E-state index >= 15 is 0 Å². The van der Waals surface area contributed by atoms with Gasteiger partial charge in [0.1, 0.15) is 23.5 Å². The lowest BCUT2D eigenvalue weighted by Crippen LogP contribution is -1.90. The maximum absolute atomic E-state index is 8.61. The van der Waals surface area contributed by atoms with Crippen LogP contribution in [0.3, 0.4) is 0 Å². The Morgan fingerprint density at radius 1 is 1.33 bits per heavy atom. The molecule has 0 radical (unpaired) electrons. The number of benzene rings is 1. The molecule has 0 atom stereocenters. The molecule has 1 aromatic heterocycles. The Kier molecular flexibility index (Phi) is 3.39. The molecule has 0 bridgehead atoms. The Bertz CT molecular complexity index is 625. The van der Waals surface area contributed by atoms with Gasteiger partial charge in [0.15, 0.2) is 0 Å². The molecule has 0 aliphatic rings. The molecule has 0 aliphatic heterocycles. The van der Waals surface area contributed by atoms with Gasteiger partial charge >= 0.3 is 0 Å². The first kappa shape index (κ1) is 11.4. The summed E-state index contributed by atoms with van der Waals surface area (Å²) in [7, 11) is 0. The van der Waals surface area contributed by atoms with Crippen molar-refractivity contribution in [2.45, 2.75) is 0 Å². The summed E-state index contributed by atoms with van der Waals surface area (Å²) < 4.78 is 0. The molecule has 5 nitrogen and oxygen atoms in total. The Morgan fingerprint density at radius 3 is 2.83 bits per heavy atom. The summed E-state index contributed by atoms with van der Waals surface area (Å²) in [5, 5.41) is 20.1. The number of nitriles is 2. The second kappa shape index (κ2) is 5.33. The molecule has 1 aromatic carbocycles. The molecule has 0 fully saturated rings. The van der Waals surface area contributed by atoms with Gasteiger partial charge in [0.2, 0.25) is 0 Å². The third-order valence-electron chi connectivity index (χ3n) is 2.26. The highest BCUT2D eigenvalue weighted by Crippen LogP contribution is 2.19. The van der Waals surface area contributed by atoms with Gasteiger partial charge in [0.05, 0.1) is 0 Å². The minimum absolute atomic E-state index is 0.0263. The zero-order valence-corrected chi connectivity index (χ0v) is 9.38. The molecule has 0 aliphatic carbocycles. The topological polar surface area (TPSA) is 88.3 Å². The van der Waals surface area contributed by atoms with Gasteiger partial charge in [0, 0.05) is 29.8 Å². The first-order valence-corrected chi connectivity index (χ1v) is 5.20. The van der Waals surface area contributed by atoms with Gasteiger partial charge < -0.3 is 10.3 Å². The first-order chi connectivity index (χ1) is 8.83. The van der Waals surface area contributed by atoms with Crippen LogP contribution in [0.15, 0.2) is 48.4 Å². The number of H-pyrrole nitrogens is 1. The van der Waals surface area contributed by atoms with Crippen LogP contribution in [0.25, 0.3) is 11.4 Å². The van der Waals surface area contributed by atoms with E-state index in [0.29, 0.717) is 0 Å². The summed E-state index contributed by atoms with van der Waals surface area (Å²) in [4.78, 5) is 7.16. The SMILES string of the molecule is N#CC(C#N)=CNc1cccc(-c2ncc[nH]2)c1. The maximum atomic E-state index is 8.61. The van der Waals surface area contributed by atoms with E-state index < -0.39 is 0 Å². The van der Waals surface area contributed by atoms with Gasteiger partial charge in [-0.25, -0.2) is 4.98 Å². The van der Waals surface area contributed by atoms with Crippen LogP contribution in [0.4, 0.5) is 5.69 Å². The number of aromatic nitrogens is 2. The predicted octanol–water partition coefficient (Wildman–Crippen LogP) is 2.42. The minimum Gasteiger partial charge on any atom is -0.360 e. The second-order valence-corrected chi connectivity index (χ2v) is 3.44. The number of nitrogens with zero attached hydrogens (tertiary/aromatic N) is 3. The van der Waals surface area contributed by atoms with Crippen LogP contribution in [0.5, 0.6) is 0 Å². The Balaban J connectivity index is 2.22. The highest BCUT2D eigenvalue weighted by Gasteiger charge is 2.00. The van der Waals surface area contributed by atoms with Crippen molar-refractivity contribution in [2.75, 3.05) is 5.32 Å². The van der Waals surface area contributed by atoms with Crippen LogP contribution in [0.2, 0.25) is 0 Å². The quantitative estimate of drug-likeness (QED) is 0.799. The Hall–Kier alpha value is -3.05. The number of rotatable bonds is 3. The average molecular weight is 235 g/mol. The lowest BCUT2D eigenvalue weighted by molar-refractivity contribution is 1.31. The Morgan fingerprint density at radius 2 is 2.17 bits per heavy atom. The number of imidazole rings is 1. The van der Waals surface area contributed by atoms with Crippen LogP contribution in [0, 0.1) is 22.7 Å². The molecule has 0 amide bonds. The first-order valence-electron chi connectivity index (χ1n) is 5.20. The summed E-state index contributed by atoms with van der Waals surface area (Å²) in [5.74, 6) is 0.767. The lowest BCUT2D eigenvalue weighted by Gasteiger charge is -2.02. The van der Waals surface area contributed by atoms with Crippen LogP contribution in [0.1, 0.15) is 0 Å². The highest BCUT2D eigenvalue weighted by molar-refractivity contribution is 5.63. The van der Waals surface area contributed by atoms with Crippen LogP contribution < -0.4 is 5.32 Å². The fraction of sp³-hybridized carbons (Fsp3) is 0. The molecule has 0 spiro atoms. The zero-order chi connectivity index (χ0) is 12.8. The maximum Gasteiger partial charge on any atom is 0.145 e. The normalized spacial score (nSPS) is 9.00. The van der Waals surface area contributed by atoms with Crippen molar-refractivity contribution >= 4 is 5.69 Å². The van der Waals surface area contributed by atoms with Crippen LogP contribution >= 0.6 is 0 Å². The number of allylic oxidation sites excluding steroid dienone is 1. The zero-order valence-electron chi connectivity index (χ0n) is 9.38. The molecule has 18 heavy (non-hydrogen) atoms. The van der Waals surface area contributed by atoms with Crippen molar-refractivity contribution in [2.24, 2.45) is 0 Å². The minimum atomic E-state index is 0.0263. The van der Waals surface area contributed by atoms with Gasteiger partial charge in [-0.1, -0.05) is 12.1 Å². The lowest BCUT2D eigenvalue weighted by atomic mass is 10.2. The number of nitrogens with one attached hydrogen (secondary N) is 2. The largest absolute Gasteiger partial charge is 0.360 e. The third kappa shape index (κ3) is 2.55. The second-order valence-electron chi connectivity index (χ2n) is 3.44. The number of hydrogen-bond acceptors (Lipinski definition) is 4. The van der Waals surface area contributed by atoms with Gasteiger partial charge in [-0.15, -0.1) is 0 Å². The van der Waals surface area contributed by atoms with Gasteiger partial charge in [0.25, 0.3) is 0 Å². The summed E-state index contributed by atoms with van der Waals surface area (Å²) in [6, 6.07) is 11.1. The molecule has 2 rings (SSSR count). The van der Waals surface area contributed by atoms with E-state index in [4.69, 9.17) is 10.5 Å². The van der Waals surface area contributed by atoms with E-state index in [0.717, 1.165) is 17.1 Å². The van der Waals surface area contributed by atoms with E-state index in [1.54, 1.807) is 24.5 Å². The fourth-order valence-corrected chi connectivity index (χ4v) is 1.42. The van der Waals surface area contributed by atoms with E-state index in [1.807, 2.05) is 24.3 Å². The molecule has 0 unspecified atom stereocenters. The van der Waals surface area contributed by atoms with E-state index in [9.17, 15) is 0 Å². The molecule has 1 heterocycles. The standard InChI is InChI=1S/C13H9N5/c14-7-10(8-15)9-18-12-3-1-2-11(6-12)13-16-4-5-17-13/h1-6,9,18H,(H,16,17). The van der Waals surface area contributed by atoms with E-state index in [2.05, 4.69) is 15.3 Å². The number of aromatic amines is 1. The fourth-order valence-electron chi connectivity index (χ4n) is 1.42. The summed E-state index contributed by atoms with van der Waals surface area (Å²) in [6.07, 6.45) is 4.80. The molecular formula is C13H9N5. The average Bonchev–Trinajstić information content (AvgIpc) is 2.94. The van der Waals surface area contributed by atoms with Gasteiger partial charge in [-0.2, -0.15) is 10.5 Å². The Labute approximate surface area is 104 Å². The van der Waals surface area contributed by atoms with Crippen LogP contribution in [-0.4, -0.2) is 9.97 Å². The van der Waals surface area contributed by atoms with E-state index in [1.165, 1.54) is 6.20 Å². The third-order valence-corrected chi connectivity index (χ3v) is 2.26. The molecule has 5 heteroatoms. The molecule has 0 saturated carbocycles. The summed E-state index contributed by atoms with van der Waals surface area (Å²) in [5.41, 5.74) is 1.74. The van der Waals surface area contributed by atoms with Crippen molar-refractivity contribution in [1.29, 1.82) is 10.5 Å². The molecule has 2 N–H and O–H groups in total. The predicted molar refractivity (Wildman–Crippen MR) is 67.0 cm³/mol. The van der Waals surface area contributed by atoms with Crippen molar-refractivity contribution in [1.82, 2.24) is 9.97 Å². The molecular weight excluding hydrogens is 226 g/mol. The van der Waals surface area contributed by atoms with Crippen molar-refractivity contribution in [3.63, 3.8) is 0 Å². The van der Waals surface area contributed by atoms with E-state index in [-0.39, 0.29) is 5.57 Å². The monoisotopic (exact) mass is 235 g/mol. The number of hydrogen-bond donors (Lipinski definition) is 2. The number of anilines is 1. The van der Waals surface area contributed by atoms with Crippen molar-refractivity contribution in [3.8, 4) is 23.5 Å².